The van der Waals surface area contributed by atoms with Gasteiger partial charge in [-0.15, -0.1) is 17.6 Å². The van der Waals surface area contributed by atoms with Crippen molar-refractivity contribution in [3.63, 3.8) is 0 Å². The zero-order valence-corrected chi connectivity index (χ0v) is 43.8. The lowest BCUT2D eigenvalue weighted by Crippen LogP contribution is -2.41. The van der Waals surface area contributed by atoms with E-state index in [0.717, 1.165) is 16.0 Å². The molecule has 4 aliphatic carbocycles. The molecule has 9 heteroatoms. The molecule has 8 aromatic rings. The van der Waals surface area contributed by atoms with Crippen LogP contribution in [0.2, 0.25) is 0 Å². The van der Waals surface area contributed by atoms with Gasteiger partial charge in [0.1, 0.15) is 70.2 Å². The van der Waals surface area contributed by atoms with Crippen molar-refractivity contribution >= 4 is 111 Å². The highest BCUT2D eigenvalue weighted by molar-refractivity contribution is 7.13. The van der Waals surface area contributed by atoms with Gasteiger partial charge in [0.25, 0.3) is 0 Å². The van der Waals surface area contributed by atoms with Crippen molar-refractivity contribution < 1.29 is 9.31 Å². The first-order chi connectivity index (χ1) is 32.7. The second kappa shape index (κ2) is 15.1. The summed E-state index contributed by atoms with van der Waals surface area (Å²) in [6.45, 7) is 8.51. The van der Waals surface area contributed by atoms with E-state index < -0.39 is 35.4 Å². The summed E-state index contributed by atoms with van der Waals surface area (Å²) < 4.78 is 12.4. The van der Waals surface area contributed by atoms with Gasteiger partial charge in [-0.3, -0.25) is 0 Å². The quantitative estimate of drug-likeness (QED) is 0.156. The second-order valence-corrected chi connectivity index (χ2v) is 26.0. The second-order valence-electron chi connectivity index (χ2n) is 20.1. The van der Waals surface area contributed by atoms with Gasteiger partial charge in [-0.2, -0.15) is 0 Å². The van der Waals surface area contributed by atoms with E-state index >= 15 is 0 Å². The van der Waals surface area contributed by atoms with Crippen molar-refractivity contribution in [2.45, 2.75) is 56.0 Å². The fraction of sp³-hybridized carbons (Fsp3) is 0.169. The molecule has 0 spiro atoms. The molecule has 7 aromatic carbocycles. The topological polar surface area (TPSA) is 31.4 Å². The van der Waals surface area contributed by atoms with Gasteiger partial charge in [0.2, 0.25) is 0 Å². The van der Waals surface area contributed by atoms with Crippen molar-refractivity contribution in [2.24, 2.45) is 0 Å². The number of nitrogens with zero attached hydrogens (tertiary/aromatic N) is 1. The highest BCUT2D eigenvalue weighted by atomic mass is 32.1. The first-order valence-electron chi connectivity index (χ1n) is 23.4. The molecule has 3 nitrogen and oxygen atoms in total. The number of hydrogen-bond acceptors (Lipinski definition) is 4. The molecule has 1 fully saturated rings. The Morgan fingerprint density at radius 2 is 0.853 bits per heavy atom. The van der Waals surface area contributed by atoms with Crippen LogP contribution in [0.4, 0.5) is 0 Å². The molecule has 316 valence electrons. The first kappa shape index (κ1) is 43.8. The van der Waals surface area contributed by atoms with Gasteiger partial charge in [0, 0.05) is 17.1 Å². The zero-order valence-electron chi connectivity index (χ0n) is 38.4. The molecule has 13 rings (SSSR count). The lowest BCUT2D eigenvalue weighted by atomic mass is 9.63. The van der Waals surface area contributed by atoms with Crippen LogP contribution in [0.3, 0.4) is 0 Å². The van der Waals surface area contributed by atoms with Crippen molar-refractivity contribution in [3.8, 4) is 10.6 Å². The van der Waals surface area contributed by atoms with Crippen LogP contribution in [0.1, 0.15) is 94.5 Å². The molecular formula is C59H42Al4BNO2S. The number of fused-ring (bicyclic) bond motifs is 8. The molecule has 0 bridgehead atoms. The van der Waals surface area contributed by atoms with E-state index in [1.165, 1.54) is 89.1 Å². The van der Waals surface area contributed by atoms with Gasteiger partial charge < -0.3 is 9.31 Å². The summed E-state index contributed by atoms with van der Waals surface area (Å²) in [6, 6.07) is 64.2. The van der Waals surface area contributed by atoms with Crippen LogP contribution >= 0.6 is 11.3 Å². The fourth-order valence-corrected chi connectivity index (χ4v) is 15.3. The number of benzene rings is 7. The average molecular weight is 948 g/mol. The van der Waals surface area contributed by atoms with Crippen molar-refractivity contribution in [2.75, 3.05) is 0 Å². The number of thiazole rings is 1. The lowest BCUT2D eigenvalue weighted by molar-refractivity contribution is 0.00578. The highest BCUT2D eigenvalue weighted by Gasteiger charge is 2.60. The number of rotatable bonds is 6. The largest absolute Gasteiger partial charge is 0.494 e. The summed E-state index contributed by atoms with van der Waals surface area (Å²) in [7, 11) is -0.486. The van der Waals surface area contributed by atoms with Gasteiger partial charge in [-0.1, -0.05) is 174 Å². The molecule has 8 radical (unpaired) electrons. The maximum Gasteiger partial charge on any atom is 0.494 e. The summed E-state index contributed by atoms with van der Waals surface area (Å²) in [5.41, 5.74) is 20.3. The minimum atomic E-state index is -0.670. The Labute approximate surface area is 436 Å². The maximum absolute atomic E-state index is 6.71. The Morgan fingerprint density at radius 1 is 0.441 bits per heavy atom. The van der Waals surface area contributed by atoms with Crippen LogP contribution in [0, 0.1) is 0 Å². The molecule has 0 amide bonds. The van der Waals surface area contributed by atoms with Gasteiger partial charge in [0.05, 0.1) is 22.0 Å². The van der Waals surface area contributed by atoms with Crippen LogP contribution in [0.5, 0.6) is 0 Å². The SMILES string of the molecule is CC1(C)OB(c2ccc3c(c2)[C]([Al])([Al])C2=C3C(c3ccccc3)(c3ccccc3)c3cc4c(cc32)C(c2ccccc2)(c2ccccc2)C2=C4[C]([Al])([Al])c3cc(-c4nccs4)ccc32)OC1(C)C. The average Bonchev–Trinajstić information content (AvgIpc) is 4.18. The predicted molar refractivity (Wildman–Crippen MR) is 282 cm³/mol. The maximum atomic E-state index is 6.71. The smallest absolute Gasteiger partial charge is 0.399 e. The van der Waals surface area contributed by atoms with Gasteiger partial charge in [-0.05, 0) is 118 Å². The third kappa shape index (κ3) is 5.71. The van der Waals surface area contributed by atoms with Crippen molar-refractivity contribution in [1.82, 2.24) is 4.98 Å². The fourth-order valence-electron chi connectivity index (χ4n) is 12.5. The number of aromatic nitrogens is 1. The molecule has 0 atom stereocenters. The van der Waals surface area contributed by atoms with E-state index in [-0.39, 0.29) is 0 Å². The molecule has 68 heavy (non-hydrogen) atoms. The van der Waals surface area contributed by atoms with Crippen LogP contribution in [0.25, 0.3) is 32.9 Å². The molecule has 1 aromatic heterocycles. The van der Waals surface area contributed by atoms with E-state index in [0.29, 0.717) is 0 Å². The van der Waals surface area contributed by atoms with E-state index in [2.05, 4.69) is 268 Å². The molecule has 2 heterocycles. The monoisotopic (exact) mass is 947 g/mol. The Kier molecular flexibility index (Phi) is 9.74. The summed E-state index contributed by atoms with van der Waals surface area (Å²) in [5.74, 6) is 0. The Hall–Kier alpha value is -4.24. The van der Waals surface area contributed by atoms with Gasteiger partial charge >= 0.3 is 7.12 Å². The minimum absolute atomic E-state index is 0.460. The zero-order chi connectivity index (χ0) is 46.6. The number of hydrogen-bond donors (Lipinski definition) is 0. The van der Waals surface area contributed by atoms with Crippen molar-refractivity contribution in [1.29, 1.82) is 0 Å². The normalized spacial score (nSPS) is 19.9. The van der Waals surface area contributed by atoms with Gasteiger partial charge in [0.15, 0.2) is 0 Å². The van der Waals surface area contributed by atoms with Crippen LogP contribution in [0.15, 0.2) is 181 Å². The molecule has 1 saturated heterocycles. The molecule has 1 aliphatic heterocycles. The van der Waals surface area contributed by atoms with Gasteiger partial charge in [-0.25, -0.2) is 4.98 Å². The molecule has 5 aliphatic rings. The van der Waals surface area contributed by atoms with Crippen LogP contribution in [-0.2, 0) is 26.4 Å². The summed E-state index contributed by atoms with van der Waals surface area (Å²) in [4.78, 5) is 4.77. The standard InChI is InChI=1S/C59H42BNO2S.4Al/c1-56(2)57(3,4)63-60(62-56)44-26-28-46-39(32-44)34-50-48-36-51-47(35-52(48)59(54(46)50,42-21-13-7-14-22-42)43-23-15-8-16-24-43)49-33-38-31-37(55-61-29-30-64-55)25-27-45(38)53(49)58(51,40-17-9-5-10-18-40)41-19-11-6-12-20-41;;;;/h5-32,35-36H,1-4H3;;;;. The Morgan fingerprint density at radius 3 is 1.26 bits per heavy atom. The first-order valence-corrected chi connectivity index (χ1v) is 26.5. The van der Waals surface area contributed by atoms with Crippen molar-refractivity contribution in [3.05, 3.63) is 248 Å². The predicted octanol–water partition coefficient (Wildman–Crippen LogP) is 10.6. The Bertz CT molecular complexity index is 3360. The van der Waals surface area contributed by atoms with E-state index in [1.807, 2.05) is 6.20 Å². The molecule has 0 saturated carbocycles. The van der Waals surface area contributed by atoms with E-state index in [9.17, 15) is 0 Å². The molecular weight excluding hydrogens is 905 g/mol. The molecule has 0 unspecified atom stereocenters. The summed E-state index contributed by atoms with van der Waals surface area (Å²) in [6.07, 6.45) is 1.90. The highest BCUT2D eigenvalue weighted by Crippen LogP contribution is 2.70. The third-order valence-corrected chi connectivity index (χ3v) is 19.3. The van der Waals surface area contributed by atoms with E-state index in [4.69, 9.17) is 14.3 Å². The third-order valence-electron chi connectivity index (χ3n) is 16.1. The summed E-state index contributed by atoms with van der Waals surface area (Å²) in [5, 5.41) is 3.09. The molecule has 0 N–H and O–H groups in total. The van der Waals surface area contributed by atoms with E-state index in [1.54, 1.807) is 11.3 Å². The van der Waals surface area contributed by atoms with Crippen LogP contribution in [-0.4, -0.2) is 88.5 Å². The Balaban J connectivity index is 1.14. The number of allylic oxidation sites excluding steroid dienone is 4. The summed E-state index contributed by atoms with van der Waals surface area (Å²) >= 11 is 15.1. The van der Waals surface area contributed by atoms with Crippen LogP contribution < -0.4 is 5.46 Å². The lowest BCUT2D eigenvalue weighted by Gasteiger charge is -2.39. The minimum Gasteiger partial charge on any atom is -0.399 e.